The zero-order chi connectivity index (χ0) is 23.9. The Morgan fingerprint density at radius 3 is 2.56 bits per heavy atom. The summed E-state index contributed by atoms with van der Waals surface area (Å²) in [5, 5.41) is 7.92. The van der Waals surface area contributed by atoms with Gasteiger partial charge in [0.05, 0.1) is 16.8 Å². The molecule has 7 heteroatoms. The highest BCUT2D eigenvalue weighted by Crippen LogP contribution is 2.31. The van der Waals surface area contributed by atoms with Gasteiger partial charge in [0.1, 0.15) is 5.82 Å². The first-order chi connectivity index (χ1) is 17.2. The van der Waals surface area contributed by atoms with E-state index in [-0.39, 0.29) is 7.43 Å². The van der Waals surface area contributed by atoms with Gasteiger partial charge < -0.3 is 20.1 Å². The molecule has 6 nitrogen and oxygen atoms in total. The average molecular weight is 515 g/mol. The number of nitrogens with zero attached hydrogens (tertiary/aromatic N) is 2. The molecule has 2 aromatic rings. The molecule has 2 saturated heterocycles. The molecule has 0 aromatic carbocycles. The van der Waals surface area contributed by atoms with Crippen LogP contribution in [-0.4, -0.2) is 55.0 Å². The van der Waals surface area contributed by atoms with Gasteiger partial charge in [-0.15, -0.1) is 0 Å². The van der Waals surface area contributed by atoms with E-state index in [0.717, 1.165) is 74.9 Å². The maximum Gasteiger partial charge on any atom is 0.126 e. The Morgan fingerprint density at radius 1 is 0.944 bits per heavy atom. The summed E-state index contributed by atoms with van der Waals surface area (Å²) in [4.78, 5) is 9.53. The molecular weight excluding hydrogens is 472 g/mol. The van der Waals surface area contributed by atoms with Gasteiger partial charge in [-0.05, 0) is 87.8 Å². The molecule has 1 aliphatic carbocycles. The number of ether oxygens (including phenoxy) is 2. The molecule has 0 spiro atoms. The summed E-state index contributed by atoms with van der Waals surface area (Å²) in [5.41, 5.74) is 2.98. The van der Waals surface area contributed by atoms with Crippen molar-refractivity contribution in [3.8, 4) is 11.3 Å². The standard InChI is InChI=1S/C28H39ClN4O2.CH4/c29-26-19-31-23(15-20-6-8-22(9-7-20)30-18-24-3-2-12-35-24)16-25(26)27-4-1-5-28(33-27)32-17-21-10-13-34-14-11-21;/h1,4-5,16,19-22,24,30H,2-3,6-15,17-18H2,(H,32,33);1H4/t20?,22?,24-;/m1./s1. The van der Waals surface area contributed by atoms with Crippen LogP contribution in [-0.2, 0) is 15.9 Å². The van der Waals surface area contributed by atoms with Crippen molar-refractivity contribution in [1.82, 2.24) is 15.3 Å². The smallest absolute Gasteiger partial charge is 0.126 e. The molecule has 2 aromatic heterocycles. The summed E-state index contributed by atoms with van der Waals surface area (Å²) in [6, 6.07) is 8.90. The van der Waals surface area contributed by atoms with Gasteiger partial charge in [0.25, 0.3) is 0 Å². The van der Waals surface area contributed by atoms with Crippen LogP contribution in [0.1, 0.15) is 64.5 Å². The van der Waals surface area contributed by atoms with Gasteiger partial charge >= 0.3 is 0 Å². The number of hydrogen-bond donors (Lipinski definition) is 2. The highest BCUT2D eigenvalue weighted by Gasteiger charge is 2.24. The maximum absolute atomic E-state index is 6.58. The van der Waals surface area contributed by atoms with Crippen molar-refractivity contribution in [2.75, 3.05) is 38.2 Å². The zero-order valence-corrected chi connectivity index (χ0v) is 21.4. The van der Waals surface area contributed by atoms with Crippen molar-refractivity contribution >= 4 is 17.4 Å². The SMILES string of the molecule is C.Clc1cnc(CC2CCC(NC[C@H]3CCCO3)CC2)cc1-c1cccc(NCC2CCOCC2)n1. The molecular formula is C29H43ClN4O2. The van der Waals surface area contributed by atoms with Crippen LogP contribution in [0, 0.1) is 11.8 Å². The van der Waals surface area contributed by atoms with Crippen LogP contribution in [0.3, 0.4) is 0 Å². The van der Waals surface area contributed by atoms with Gasteiger partial charge in [-0.25, -0.2) is 4.98 Å². The van der Waals surface area contributed by atoms with Crippen molar-refractivity contribution in [2.45, 2.75) is 77.4 Å². The Bertz CT molecular complexity index is 939. The van der Waals surface area contributed by atoms with Crippen LogP contribution in [0.5, 0.6) is 0 Å². The van der Waals surface area contributed by atoms with E-state index in [1.54, 1.807) is 6.20 Å². The van der Waals surface area contributed by atoms with Crippen molar-refractivity contribution in [1.29, 1.82) is 0 Å². The van der Waals surface area contributed by atoms with E-state index in [4.69, 9.17) is 26.1 Å². The lowest BCUT2D eigenvalue weighted by molar-refractivity contribution is 0.0699. The van der Waals surface area contributed by atoms with E-state index in [0.29, 0.717) is 29.0 Å². The van der Waals surface area contributed by atoms with Crippen LogP contribution in [0.15, 0.2) is 30.5 Å². The van der Waals surface area contributed by atoms with Crippen molar-refractivity contribution in [3.05, 3.63) is 41.2 Å². The third-order valence-corrected chi connectivity index (χ3v) is 8.15. The Kier molecular flexibility index (Phi) is 10.4. The molecule has 1 atom stereocenters. The van der Waals surface area contributed by atoms with Crippen LogP contribution < -0.4 is 10.6 Å². The van der Waals surface area contributed by atoms with Gasteiger partial charge in [0, 0.05) is 56.4 Å². The lowest BCUT2D eigenvalue weighted by Crippen LogP contribution is -2.38. The second kappa shape index (κ2) is 13.7. The summed E-state index contributed by atoms with van der Waals surface area (Å²) in [6.45, 7) is 4.60. The van der Waals surface area contributed by atoms with Crippen LogP contribution in [0.2, 0.25) is 5.02 Å². The third-order valence-electron chi connectivity index (χ3n) is 7.85. The maximum atomic E-state index is 6.58. The molecule has 0 radical (unpaired) electrons. The molecule has 4 heterocycles. The zero-order valence-electron chi connectivity index (χ0n) is 20.7. The topological polar surface area (TPSA) is 68.3 Å². The molecule has 2 aliphatic heterocycles. The molecule has 0 unspecified atom stereocenters. The lowest BCUT2D eigenvalue weighted by Gasteiger charge is -2.30. The molecule has 0 bridgehead atoms. The minimum atomic E-state index is 0. The van der Waals surface area contributed by atoms with E-state index in [2.05, 4.69) is 27.8 Å². The van der Waals surface area contributed by atoms with E-state index >= 15 is 0 Å². The first-order valence-electron chi connectivity index (χ1n) is 13.5. The Labute approximate surface area is 221 Å². The number of nitrogens with one attached hydrogen (secondary N) is 2. The van der Waals surface area contributed by atoms with Gasteiger partial charge in [0.2, 0.25) is 0 Å². The minimum Gasteiger partial charge on any atom is -0.381 e. The number of hydrogen-bond acceptors (Lipinski definition) is 6. The number of halogens is 1. The molecule has 36 heavy (non-hydrogen) atoms. The normalized spacial score (nSPS) is 24.9. The molecule has 3 fully saturated rings. The number of anilines is 1. The fourth-order valence-electron chi connectivity index (χ4n) is 5.64. The number of pyridine rings is 2. The third kappa shape index (κ3) is 7.64. The molecule has 0 amide bonds. The Hall–Kier alpha value is -1.73. The highest BCUT2D eigenvalue weighted by atomic mass is 35.5. The van der Waals surface area contributed by atoms with Gasteiger partial charge in [-0.3, -0.25) is 4.98 Å². The molecule has 198 valence electrons. The van der Waals surface area contributed by atoms with E-state index in [1.807, 2.05) is 12.1 Å². The van der Waals surface area contributed by atoms with E-state index in [1.165, 1.54) is 38.5 Å². The Morgan fingerprint density at radius 2 is 1.78 bits per heavy atom. The first kappa shape index (κ1) is 27.3. The van der Waals surface area contributed by atoms with Crippen LogP contribution >= 0.6 is 11.6 Å². The summed E-state index contributed by atoms with van der Waals surface area (Å²) in [6.07, 6.45) is 12.8. The minimum absolute atomic E-state index is 0. The van der Waals surface area contributed by atoms with Crippen molar-refractivity contribution < 1.29 is 9.47 Å². The Balaban J connectivity index is 0.00000304. The van der Waals surface area contributed by atoms with Crippen LogP contribution in [0.4, 0.5) is 5.82 Å². The van der Waals surface area contributed by atoms with E-state index < -0.39 is 0 Å². The van der Waals surface area contributed by atoms with Gasteiger partial charge in [-0.1, -0.05) is 25.1 Å². The summed E-state index contributed by atoms with van der Waals surface area (Å²) in [5.74, 6) is 2.22. The first-order valence-corrected chi connectivity index (χ1v) is 13.9. The summed E-state index contributed by atoms with van der Waals surface area (Å²) >= 11 is 6.58. The largest absolute Gasteiger partial charge is 0.381 e. The fraction of sp³-hybridized carbons (Fsp3) is 0.655. The predicted octanol–water partition coefficient (Wildman–Crippen LogP) is 6.14. The second-order valence-corrected chi connectivity index (χ2v) is 10.9. The molecule has 2 N–H and O–H groups in total. The van der Waals surface area contributed by atoms with Gasteiger partial charge in [-0.2, -0.15) is 0 Å². The molecule has 5 rings (SSSR count). The lowest BCUT2D eigenvalue weighted by atomic mass is 9.83. The van der Waals surface area contributed by atoms with Crippen LogP contribution in [0.25, 0.3) is 11.3 Å². The van der Waals surface area contributed by atoms with E-state index in [9.17, 15) is 0 Å². The van der Waals surface area contributed by atoms with Gasteiger partial charge in [0.15, 0.2) is 0 Å². The fourth-order valence-corrected chi connectivity index (χ4v) is 5.84. The molecule has 3 aliphatic rings. The summed E-state index contributed by atoms with van der Waals surface area (Å²) < 4.78 is 11.2. The number of aromatic nitrogens is 2. The summed E-state index contributed by atoms with van der Waals surface area (Å²) in [7, 11) is 0. The predicted molar refractivity (Wildman–Crippen MR) is 148 cm³/mol. The number of rotatable bonds is 9. The highest BCUT2D eigenvalue weighted by molar-refractivity contribution is 6.33. The van der Waals surface area contributed by atoms with Crippen molar-refractivity contribution in [3.63, 3.8) is 0 Å². The van der Waals surface area contributed by atoms with Crippen molar-refractivity contribution in [2.24, 2.45) is 11.8 Å². The monoisotopic (exact) mass is 514 g/mol. The second-order valence-electron chi connectivity index (χ2n) is 10.5. The molecule has 1 saturated carbocycles. The average Bonchev–Trinajstić information content (AvgIpc) is 3.43. The quantitative estimate of drug-likeness (QED) is 0.419.